The van der Waals surface area contributed by atoms with Crippen LogP contribution in [0.15, 0.2) is 73.6 Å². The van der Waals surface area contributed by atoms with Crippen LogP contribution in [0, 0.1) is 0 Å². The number of hydrogen-bond donors (Lipinski definition) is 1. The van der Waals surface area contributed by atoms with E-state index in [2.05, 4.69) is 20.3 Å². The van der Waals surface area contributed by atoms with Crippen molar-refractivity contribution < 1.29 is 4.79 Å². The number of benzene rings is 2. The Bertz CT molecular complexity index is 1020. The van der Waals surface area contributed by atoms with Crippen molar-refractivity contribution in [2.75, 3.05) is 5.32 Å². The molecule has 1 amide bonds. The van der Waals surface area contributed by atoms with E-state index in [1.54, 1.807) is 29.4 Å². The van der Waals surface area contributed by atoms with Gasteiger partial charge in [0, 0.05) is 18.5 Å². The Labute approximate surface area is 144 Å². The molecule has 0 atom stereocenters. The van der Waals surface area contributed by atoms with Gasteiger partial charge in [-0.05, 0) is 16.3 Å². The van der Waals surface area contributed by atoms with E-state index in [9.17, 15) is 4.79 Å². The van der Waals surface area contributed by atoms with E-state index in [1.165, 1.54) is 6.33 Å². The molecule has 2 aromatic heterocycles. The lowest BCUT2D eigenvalue weighted by atomic mass is 10.0. The van der Waals surface area contributed by atoms with Crippen LogP contribution in [0.5, 0.6) is 0 Å². The van der Waals surface area contributed by atoms with Gasteiger partial charge in [0.15, 0.2) is 0 Å². The summed E-state index contributed by atoms with van der Waals surface area (Å²) in [6.07, 6.45) is 6.80. The van der Waals surface area contributed by atoms with E-state index < -0.39 is 0 Å². The summed E-state index contributed by atoms with van der Waals surface area (Å²) in [4.78, 5) is 24.7. The fraction of sp³-hybridized carbons (Fsp3) is 0.0526. The number of aromatic nitrogens is 4. The van der Waals surface area contributed by atoms with Crippen LogP contribution in [-0.4, -0.2) is 25.4 Å². The summed E-state index contributed by atoms with van der Waals surface area (Å²) >= 11 is 0. The first kappa shape index (κ1) is 15.0. The third kappa shape index (κ3) is 3.23. The molecular formula is C19H15N5O. The number of hydrogen-bond acceptors (Lipinski definition) is 4. The maximum Gasteiger partial charge on any atom is 0.229 e. The Morgan fingerprint density at radius 3 is 2.84 bits per heavy atom. The molecule has 2 aromatic carbocycles. The zero-order chi connectivity index (χ0) is 17.1. The first-order chi connectivity index (χ1) is 12.3. The Morgan fingerprint density at radius 2 is 1.96 bits per heavy atom. The third-order valence-corrected chi connectivity index (χ3v) is 3.92. The number of nitrogens with one attached hydrogen (secondary N) is 1. The topological polar surface area (TPSA) is 72.7 Å². The number of nitrogens with zero attached hydrogens (tertiary/aromatic N) is 4. The Balaban J connectivity index is 1.53. The van der Waals surface area contributed by atoms with Crippen LogP contribution in [0.1, 0.15) is 5.56 Å². The highest BCUT2D eigenvalue weighted by Crippen LogP contribution is 2.19. The van der Waals surface area contributed by atoms with Gasteiger partial charge in [-0.1, -0.05) is 42.5 Å². The van der Waals surface area contributed by atoms with Crippen molar-refractivity contribution in [2.45, 2.75) is 6.42 Å². The van der Waals surface area contributed by atoms with Gasteiger partial charge < -0.3 is 5.32 Å². The number of fused-ring (bicyclic) bond motifs is 1. The van der Waals surface area contributed by atoms with Gasteiger partial charge in [0.1, 0.15) is 24.3 Å². The predicted molar refractivity (Wildman–Crippen MR) is 95.4 cm³/mol. The molecule has 0 saturated carbocycles. The quantitative estimate of drug-likeness (QED) is 0.625. The van der Waals surface area contributed by atoms with Crippen LogP contribution in [0.4, 0.5) is 5.82 Å². The molecule has 4 rings (SSSR count). The van der Waals surface area contributed by atoms with Crippen molar-refractivity contribution in [3.05, 3.63) is 79.1 Å². The van der Waals surface area contributed by atoms with Crippen LogP contribution in [0.2, 0.25) is 0 Å². The number of carbonyl (C=O) groups is 1. The molecule has 0 unspecified atom stereocenters. The lowest BCUT2D eigenvalue weighted by Gasteiger charge is -2.08. The normalized spacial score (nSPS) is 10.7. The number of amides is 1. The molecule has 0 bridgehead atoms. The average molecular weight is 329 g/mol. The zero-order valence-corrected chi connectivity index (χ0v) is 13.3. The van der Waals surface area contributed by atoms with E-state index in [1.807, 2.05) is 42.5 Å². The SMILES string of the molecule is O=C(Cc1cccc2ccccc12)Nc1cc(-n2ccnc2)ncn1. The molecular weight excluding hydrogens is 314 g/mol. The first-order valence-corrected chi connectivity index (χ1v) is 7.86. The number of rotatable bonds is 4. The summed E-state index contributed by atoms with van der Waals surface area (Å²) in [7, 11) is 0. The molecule has 6 nitrogen and oxygen atoms in total. The monoisotopic (exact) mass is 329 g/mol. The van der Waals surface area contributed by atoms with Gasteiger partial charge in [-0.3, -0.25) is 9.36 Å². The maximum absolute atomic E-state index is 12.4. The highest BCUT2D eigenvalue weighted by molar-refractivity contribution is 5.95. The van der Waals surface area contributed by atoms with Crippen molar-refractivity contribution in [2.24, 2.45) is 0 Å². The van der Waals surface area contributed by atoms with Crippen molar-refractivity contribution >= 4 is 22.5 Å². The molecule has 25 heavy (non-hydrogen) atoms. The zero-order valence-electron chi connectivity index (χ0n) is 13.3. The molecule has 6 heteroatoms. The minimum Gasteiger partial charge on any atom is -0.310 e. The number of carbonyl (C=O) groups excluding carboxylic acids is 1. The summed E-state index contributed by atoms with van der Waals surface area (Å²) in [5, 5.41) is 5.04. The molecule has 4 aromatic rings. The molecule has 0 spiro atoms. The molecule has 0 aliphatic heterocycles. The smallest absolute Gasteiger partial charge is 0.229 e. The fourth-order valence-electron chi connectivity index (χ4n) is 2.76. The minimum absolute atomic E-state index is 0.119. The van der Waals surface area contributed by atoms with Gasteiger partial charge in [0.25, 0.3) is 0 Å². The van der Waals surface area contributed by atoms with E-state index >= 15 is 0 Å². The van der Waals surface area contributed by atoms with Gasteiger partial charge in [0.05, 0.1) is 6.42 Å². The molecule has 2 heterocycles. The maximum atomic E-state index is 12.4. The van der Waals surface area contributed by atoms with Crippen molar-refractivity contribution in [1.82, 2.24) is 19.5 Å². The van der Waals surface area contributed by atoms with Crippen LogP contribution < -0.4 is 5.32 Å². The summed E-state index contributed by atoms with van der Waals surface area (Å²) in [5.41, 5.74) is 0.986. The summed E-state index contributed by atoms with van der Waals surface area (Å²) in [5.74, 6) is 0.989. The first-order valence-electron chi connectivity index (χ1n) is 7.86. The number of imidazole rings is 1. The van der Waals surface area contributed by atoms with Gasteiger partial charge >= 0.3 is 0 Å². The molecule has 0 saturated heterocycles. The molecule has 0 fully saturated rings. The highest BCUT2D eigenvalue weighted by atomic mass is 16.1. The lowest BCUT2D eigenvalue weighted by molar-refractivity contribution is -0.115. The van der Waals surface area contributed by atoms with E-state index in [-0.39, 0.29) is 12.3 Å². The van der Waals surface area contributed by atoms with E-state index in [4.69, 9.17) is 0 Å². The summed E-state index contributed by atoms with van der Waals surface area (Å²) in [6.45, 7) is 0. The summed E-state index contributed by atoms with van der Waals surface area (Å²) < 4.78 is 1.75. The second kappa shape index (κ2) is 6.52. The standard InChI is InChI=1S/C19H15N5O/c25-19(10-15-6-3-5-14-4-1-2-7-16(14)15)23-17-11-18(22-12-21-17)24-9-8-20-13-24/h1-9,11-13H,10H2,(H,21,22,23,25). The van der Waals surface area contributed by atoms with Crippen molar-refractivity contribution in [3.8, 4) is 5.82 Å². The average Bonchev–Trinajstić information content (AvgIpc) is 3.17. The Kier molecular flexibility index (Phi) is 3.92. The van der Waals surface area contributed by atoms with Crippen LogP contribution in [0.3, 0.4) is 0 Å². The van der Waals surface area contributed by atoms with Crippen molar-refractivity contribution in [1.29, 1.82) is 0 Å². The third-order valence-electron chi connectivity index (χ3n) is 3.92. The van der Waals surface area contributed by atoms with Crippen LogP contribution in [-0.2, 0) is 11.2 Å². The van der Waals surface area contributed by atoms with Gasteiger partial charge in [-0.2, -0.15) is 0 Å². The van der Waals surface area contributed by atoms with Crippen LogP contribution in [0.25, 0.3) is 16.6 Å². The second-order valence-corrected chi connectivity index (χ2v) is 5.59. The lowest BCUT2D eigenvalue weighted by Crippen LogP contribution is -2.16. The number of anilines is 1. The van der Waals surface area contributed by atoms with Crippen molar-refractivity contribution in [3.63, 3.8) is 0 Å². The Hall–Kier alpha value is -3.54. The predicted octanol–water partition coefficient (Wildman–Crippen LogP) is 3.00. The van der Waals surface area contributed by atoms with Gasteiger partial charge in [-0.15, -0.1) is 0 Å². The molecule has 0 radical (unpaired) electrons. The highest BCUT2D eigenvalue weighted by Gasteiger charge is 2.09. The van der Waals surface area contributed by atoms with Gasteiger partial charge in [0.2, 0.25) is 5.91 Å². The Morgan fingerprint density at radius 1 is 1.08 bits per heavy atom. The fourth-order valence-corrected chi connectivity index (χ4v) is 2.76. The molecule has 122 valence electrons. The van der Waals surface area contributed by atoms with E-state index in [0.29, 0.717) is 11.6 Å². The largest absolute Gasteiger partial charge is 0.310 e. The molecule has 1 N–H and O–H groups in total. The molecule has 0 aliphatic rings. The van der Waals surface area contributed by atoms with E-state index in [0.717, 1.165) is 16.3 Å². The second-order valence-electron chi connectivity index (χ2n) is 5.59. The minimum atomic E-state index is -0.119. The summed E-state index contributed by atoms with van der Waals surface area (Å²) in [6, 6.07) is 15.7. The molecule has 0 aliphatic carbocycles. The van der Waals surface area contributed by atoms with Crippen LogP contribution >= 0.6 is 0 Å². The van der Waals surface area contributed by atoms with Gasteiger partial charge in [-0.25, -0.2) is 15.0 Å².